The lowest BCUT2D eigenvalue weighted by Gasteiger charge is -2.09. The molecule has 1 aromatic carbocycles. The summed E-state index contributed by atoms with van der Waals surface area (Å²) >= 11 is 0. The molecule has 0 radical (unpaired) electrons. The molecule has 0 fully saturated rings. The van der Waals surface area contributed by atoms with E-state index in [9.17, 15) is 9.50 Å². The zero-order chi connectivity index (χ0) is 9.84. The number of aliphatic hydroxyl groups excluding tert-OH is 1. The smallest absolute Gasteiger partial charge is 0.129 e. The molecule has 2 heteroatoms. The molecule has 1 aromatic rings. The largest absolute Gasteiger partial charge is 0.393 e. The second-order valence-corrected chi connectivity index (χ2v) is 3.31. The van der Waals surface area contributed by atoms with Crippen LogP contribution in [0.1, 0.15) is 24.5 Å². The van der Waals surface area contributed by atoms with Crippen molar-refractivity contribution in [2.45, 2.75) is 32.8 Å². The van der Waals surface area contributed by atoms with Crippen LogP contribution in [-0.4, -0.2) is 11.2 Å². The predicted octanol–water partition coefficient (Wildman–Crippen LogP) is 2.45. The third-order valence-corrected chi connectivity index (χ3v) is 2.20. The van der Waals surface area contributed by atoms with Gasteiger partial charge in [0.25, 0.3) is 0 Å². The zero-order valence-electron chi connectivity index (χ0n) is 8.05. The van der Waals surface area contributed by atoms with Gasteiger partial charge >= 0.3 is 0 Å². The first kappa shape index (κ1) is 10.2. The van der Waals surface area contributed by atoms with E-state index < -0.39 is 6.10 Å². The van der Waals surface area contributed by atoms with Crippen molar-refractivity contribution in [1.29, 1.82) is 0 Å². The van der Waals surface area contributed by atoms with E-state index in [1.165, 1.54) is 0 Å². The third-order valence-electron chi connectivity index (χ3n) is 2.20. The number of hydrogen-bond acceptors (Lipinski definition) is 1. The number of halogens is 1. The topological polar surface area (TPSA) is 20.2 Å². The lowest BCUT2D eigenvalue weighted by molar-refractivity contribution is 0.169. The number of hydrogen-bond donors (Lipinski definition) is 1. The second kappa shape index (κ2) is 4.38. The van der Waals surface area contributed by atoms with E-state index in [-0.39, 0.29) is 5.82 Å². The van der Waals surface area contributed by atoms with Gasteiger partial charge in [0.05, 0.1) is 6.10 Å². The molecule has 13 heavy (non-hydrogen) atoms. The lowest BCUT2D eigenvalue weighted by atomic mass is 10.0. The average Bonchev–Trinajstić information content (AvgIpc) is 2.13. The summed E-state index contributed by atoms with van der Waals surface area (Å²) in [5, 5.41) is 9.36. The SMILES string of the molecule is CCC(O)Cc1cccc(C)c1F. The van der Waals surface area contributed by atoms with Crippen LogP contribution in [0.3, 0.4) is 0 Å². The van der Waals surface area contributed by atoms with E-state index in [0.29, 0.717) is 24.0 Å². The minimum absolute atomic E-state index is 0.185. The van der Waals surface area contributed by atoms with E-state index in [1.807, 2.05) is 13.0 Å². The lowest BCUT2D eigenvalue weighted by Crippen LogP contribution is -2.10. The molecule has 0 amide bonds. The van der Waals surface area contributed by atoms with E-state index in [1.54, 1.807) is 19.1 Å². The number of aliphatic hydroxyl groups is 1. The molecular formula is C11H15FO. The molecule has 1 nitrogen and oxygen atoms in total. The van der Waals surface area contributed by atoms with Crippen molar-refractivity contribution in [2.24, 2.45) is 0 Å². The van der Waals surface area contributed by atoms with Gasteiger partial charge in [-0.3, -0.25) is 0 Å². The van der Waals surface area contributed by atoms with E-state index in [0.717, 1.165) is 0 Å². The highest BCUT2D eigenvalue weighted by atomic mass is 19.1. The first-order valence-corrected chi connectivity index (χ1v) is 4.57. The Bertz CT molecular complexity index is 283. The maximum Gasteiger partial charge on any atom is 0.129 e. The molecule has 72 valence electrons. The Hall–Kier alpha value is -0.890. The van der Waals surface area contributed by atoms with E-state index >= 15 is 0 Å². The quantitative estimate of drug-likeness (QED) is 0.761. The standard InChI is InChI=1S/C11H15FO/c1-3-10(13)7-9-6-4-5-8(2)11(9)12/h4-6,10,13H,3,7H2,1-2H3. The van der Waals surface area contributed by atoms with Crippen molar-refractivity contribution in [2.75, 3.05) is 0 Å². The number of rotatable bonds is 3. The zero-order valence-corrected chi connectivity index (χ0v) is 8.05. The van der Waals surface area contributed by atoms with Crippen LogP contribution >= 0.6 is 0 Å². The highest BCUT2D eigenvalue weighted by Gasteiger charge is 2.08. The molecular weight excluding hydrogens is 167 g/mol. The maximum absolute atomic E-state index is 13.4. The fourth-order valence-corrected chi connectivity index (χ4v) is 1.26. The highest BCUT2D eigenvalue weighted by molar-refractivity contribution is 5.25. The van der Waals surface area contributed by atoms with Crippen LogP contribution in [0.2, 0.25) is 0 Å². The van der Waals surface area contributed by atoms with Crippen LogP contribution in [0.25, 0.3) is 0 Å². The Morgan fingerprint density at radius 2 is 2.15 bits per heavy atom. The minimum Gasteiger partial charge on any atom is -0.393 e. The van der Waals surface area contributed by atoms with Crippen LogP contribution in [0.15, 0.2) is 18.2 Å². The van der Waals surface area contributed by atoms with E-state index in [4.69, 9.17) is 0 Å². The Balaban J connectivity index is 2.83. The van der Waals surface area contributed by atoms with Crippen LogP contribution in [0.4, 0.5) is 4.39 Å². The van der Waals surface area contributed by atoms with Crippen molar-refractivity contribution < 1.29 is 9.50 Å². The Morgan fingerprint density at radius 1 is 1.46 bits per heavy atom. The van der Waals surface area contributed by atoms with Gasteiger partial charge in [-0.1, -0.05) is 25.1 Å². The molecule has 0 aliphatic rings. The summed E-state index contributed by atoms with van der Waals surface area (Å²) in [6.45, 7) is 3.62. The second-order valence-electron chi connectivity index (χ2n) is 3.31. The summed E-state index contributed by atoms with van der Waals surface area (Å²) in [6.07, 6.45) is 0.633. The van der Waals surface area contributed by atoms with Crippen LogP contribution in [0.5, 0.6) is 0 Å². The summed E-state index contributed by atoms with van der Waals surface area (Å²) < 4.78 is 13.4. The van der Waals surface area contributed by atoms with Crippen molar-refractivity contribution in [3.05, 3.63) is 35.1 Å². The minimum atomic E-state index is -0.434. The maximum atomic E-state index is 13.4. The van der Waals surface area contributed by atoms with Crippen LogP contribution in [0, 0.1) is 12.7 Å². The molecule has 0 saturated carbocycles. The molecule has 0 aliphatic heterocycles. The molecule has 1 unspecified atom stereocenters. The van der Waals surface area contributed by atoms with Crippen molar-refractivity contribution in [1.82, 2.24) is 0 Å². The number of benzene rings is 1. The molecule has 1 N–H and O–H groups in total. The van der Waals surface area contributed by atoms with Gasteiger partial charge in [0.1, 0.15) is 5.82 Å². The van der Waals surface area contributed by atoms with Crippen molar-refractivity contribution >= 4 is 0 Å². The molecule has 0 saturated heterocycles. The summed E-state index contributed by atoms with van der Waals surface area (Å²) in [7, 11) is 0. The normalized spacial score (nSPS) is 12.9. The van der Waals surface area contributed by atoms with Gasteiger partial charge in [-0.15, -0.1) is 0 Å². The van der Waals surface area contributed by atoms with Gasteiger partial charge in [-0.25, -0.2) is 4.39 Å². The van der Waals surface area contributed by atoms with Crippen molar-refractivity contribution in [3.63, 3.8) is 0 Å². The van der Waals surface area contributed by atoms with Gasteiger partial charge < -0.3 is 5.11 Å². The van der Waals surface area contributed by atoms with Gasteiger partial charge in [-0.05, 0) is 24.5 Å². The van der Waals surface area contributed by atoms with Crippen molar-refractivity contribution in [3.8, 4) is 0 Å². The Kier molecular flexibility index (Phi) is 3.43. The summed E-state index contributed by atoms with van der Waals surface area (Å²) in [5.41, 5.74) is 1.25. The monoisotopic (exact) mass is 182 g/mol. The van der Waals surface area contributed by atoms with Gasteiger partial charge in [0, 0.05) is 6.42 Å². The predicted molar refractivity (Wildman–Crippen MR) is 51.1 cm³/mol. The molecule has 0 aliphatic carbocycles. The molecule has 0 heterocycles. The first-order chi connectivity index (χ1) is 6.15. The Morgan fingerprint density at radius 3 is 2.77 bits per heavy atom. The molecule has 0 aromatic heterocycles. The molecule has 1 atom stereocenters. The molecule has 0 spiro atoms. The summed E-state index contributed by atoms with van der Waals surface area (Å²) in [4.78, 5) is 0. The average molecular weight is 182 g/mol. The molecule has 1 rings (SSSR count). The number of aryl methyl sites for hydroxylation is 1. The van der Waals surface area contributed by atoms with Gasteiger partial charge in [0.15, 0.2) is 0 Å². The summed E-state index contributed by atoms with van der Waals surface area (Å²) in [6, 6.07) is 5.27. The fraction of sp³-hybridized carbons (Fsp3) is 0.455. The Labute approximate surface area is 78.2 Å². The van der Waals surface area contributed by atoms with Gasteiger partial charge in [-0.2, -0.15) is 0 Å². The first-order valence-electron chi connectivity index (χ1n) is 4.57. The van der Waals surface area contributed by atoms with Gasteiger partial charge in [0.2, 0.25) is 0 Å². The third kappa shape index (κ3) is 2.52. The highest BCUT2D eigenvalue weighted by Crippen LogP contribution is 2.14. The van der Waals surface area contributed by atoms with E-state index in [2.05, 4.69) is 0 Å². The fourth-order valence-electron chi connectivity index (χ4n) is 1.26. The van der Waals surface area contributed by atoms with Crippen LogP contribution < -0.4 is 0 Å². The van der Waals surface area contributed by atoms with Crippen LogP contribution in [-0.2, 0) is 6.42 Å². The molecule has 0 bridgehead atoms. The summed E-state index contributed by atoms with van der Waals surface area (Å²) in [5.74, 6) is -0.185.